The van der Waals surface area contributed by atoms with Crippen molar-refractivity contribution in [2.45, 2.75) is 0 Å². The molecule has 0 aliphatic heterocycles. The van der Waals surface area contributed by atoms with Gasteiger partial charge in [-0.15, -0.1) is 5.10 Å². The van der Waals surface area contributed by atoms with Gasteiger partial charge in [-0.3, -0.25) is 15.2 Å². The minimum absolute atomic E-state index is 0.161. The van der Waals surface area contributed by atoms with Gasteiger partial charge in [0.1, 0.15) is 12.0 Å². The predicted molar refractivity (Wildman–Crippen MR) is 92.8 cm³/mol. The van der Waals surface area contributed by atoms with Gasteiger partial charge in [-0.05, 0) is 24.3 Å². The van der Waals surface area contributed by atoms with Gasteiger partial charge in [-0.1, -0.05) is 18.2 Å². The van der Waals surface area contributed by atoms with Crippen molar-refractivity contribution in [2.24, 2.45) is 0 Å². The van der Waals surface area contributed by atoms with Crippen molar-refractivity contribution in [3.63, 3.8) is 0 Å². The first-order valence-electron chi connectivity index (χ1n) is 7.73. The molecule has 128 valence electrons. The molecule has 0 atom stereocenters. The molecule has 1 aromatic carbocycles. The van der Waals surface area contributed by atoms with E-state index >= 15 is 0 Å². The molecule has 8 nitrogen and oxygen atoms in total. The van der Waals surface area contributed by atoms with Crippen LogP contribution in [0.15, 0.2) is 71.7 Å². The molecule has 0 unspecified atom stereocenters. The zero-order valence-corrected chi connectivity index (χ0v) is 13.4. The van der Waals surface area contributed by atoms with Gasteiger partial charge in [0.25, 0.3) is 5.91 Å². The summed E-state index contributed by atoms with van der Waals surface area (Å²) in [5.74, 6) is 1.24. The highest BCUT2D eigenvalue weighted by Gasteiger charge is 2.12. The number of para-hydroxylation sites is 1. The maximum Gasteiger partial charge on any atom is 0.258 e. The molecule has 4 aromatic rings. The van der Waals surface area contributed by atoms with Crippen molar-refractivity contribution in [3.05, 3.63) is 72.8 Å². The van der Waals surface area contributed by atoms with Crippen LogP contribution in [0.5, 0.6) is 11.6 Å². The molecule has 4 rings (SSSR count). The summed E-state index contributed by atoms with van der Waals surface area (Å²) < 4.78 is 10.6. The molecule has 0 radical (unpaired) electrons. The second-order valence-electron chi connectivity index (χ2n) is 5.27. The van der Waals surface area contributed by atoms with E-state index in [0.717, 1.165) is 5.56 Å². The van der Waals surface area contributed by atoms with Gasteiger partial charge in [0.05, 0.1) is 11.8 Å². The van der Waals surface area contributed by atoms with E-state index in [-0.39, 0.29) is 11.9 Å². The van der Waals surface area contributed by atoms with Crippen LogP contribution in [0.3, 0.4) is 0 Å². The number of hydrogen-bond acceptors (Lipinski definition) is 6. The quantitative estimate of drug-likeness (QED) is 0.572. The minimum atomic E-state index is -0.372. The van der Waals surface area contributed by atoms with E-state index in [4.69, 9.17) is 9.15 Å². The third kappa shape index (κ3) is 3.44. The average Bonchev–Trinajstić information content (AvgIpc) is 3.34. The number of rotatable bonds is 5. The smallest absolute Gasteiger partial charge is 0.258 e. The molecule has 0 bridgehead atoms. The Balaban J connectivity index is 1.47. The highest BCUT2D eigenvalue weighted by molar-refractivity contribution is 6.03. The molecule has 0 spiro atoms. The van der Waals surface area contributed by atoms with Crippen LogP contribution in [0.1, 0.15) is 10.4 Å². The molecule has 0 saturated heterocycles. The van der Waals surface area contributed by atoms with Crippen molar-refractivity contribution in [2.75, 3.05) is 5.32 Å². The monoisotopic (exact) mass is 347 g/mol. The normalized spacial score (nSPS) is 10.5. The standard InChI is InChI=1S/C18H13N5O3/c24-17(21-18-20-16(22-23-18)13-7-9-25-11-13)12-6-8-19-15(10-12)26-14-4-2-1-3-5-14/h1-11H,(H2,20,21,22,23,24). The minimum Gasteiger partial charge on any atom is -0.472 e. The maximum absolute atomic E-state index is 12.4. The summed E-state index contributed by atoms with van der Waals surface area (Å²) in [6.07, 6.45) is 4.56. The van der Waals surface area contributed by atoms with Gasteiger partial charge < -0.3 is 9.15 Å². The van der Waals surface area contributed by atoms with Gasteiger partial charge in [0.2, 0.25) is 11.8 Å². The van der Waals surface area contributed by atoms with Gasteiger partial charge in [-0.2, -0.15) is 4.98 Å². The van der Waals surface area contributed by atoms with Crippen molar-refractivity contribution in [3.8, 4) is 23.0 Å². The number of benzene rings is 1. The third-order valence-electron chi connectivity index (χ3n) is 3.47. The van der Waals surface area contributed by atoms with Crippen molar-refractivity contribution >= 4 is 11.9 Å². The summed E-state index contributed by atoms with van der Waals surface area (Å²) >= 11 is 0. The van der Waals surface area contributed by atoms with E-state index in [2.05, 4.69) is 25.5 Å². The first-order valence-corrected chi connectivity index (χ1v) is 7.73. The molecule has 26 heavy (non-hydrogen) atoms. The average molecular weight is 347 g/mol. The second-order valence-corrected chi connectivity index (χ2v) is 5.27. The first kappa shape index (κ1) is 15.6. The molecule has 3 heterocycles. The van der Waals surface area contributed by atoms with Crippen LogP contribution < -0.4 is 10.1 Å². The lowest BCUT2D eigenvalue weighted by Crippen LogP contribution is -2.13. The first-order chi connectivity index (χ1) is 12.8. The summed E-state index contributed by atoms with van der Waals surface area (Å²) in [4.78, 5) is 20.7. The zero-order valence-electron chi connectivity index (χ0n) is 13.4. The van der Waals surface area contributed by atoms with Gasteiger partial charge in [0, 0.05) is 17.8 Å². The Kier molecular flexibility index (Phi) is 4.13. The highest BCUT2D eigenvalue weighted by Crippen LogP contribution is 2.20. The molecular formula is C18H13N5O3. The van der Waals surface area contributed by atoms with Crippen LogP contribution in [0.25, 0.3) is 11.4 Å². The molecule has 8 heteroatoms. The molecule has 1 amide bonds. The number of H-pyrrole nitrogens is 1. The van der Waals surface area contributed by atoms with E-state index < -0.39 is 0 Å². The summed E-state index contributed by atoms with van der Waals surface area (Å²) in [5.41, 5.74) is 1.11. The molecule has 0 fully saturated rings. The lowest BCUT2D eigenvalue weighted by molar-refractivity contribution is 0.102. The van der Waals surface area contributed by atoms with E-state index in [1.54, 1.807) is 30.3 Å². The number of nitrogens with zero attached hydrogens (tertiary/aromatic N) is 3. The number of ether oxygens (including phenoxy) is 1. The molecule has 0 aliphatic rings. The lowest BCUT2D eigenvalue weighted by Gasteiger charge is -2.06. The summed E-state index contributed by atoms with van der Waals surface area (Å²) in [5, 5.41) is 9.33. The largest absolute Gasteiger partial charge is 0.472 e. The van der Waals surface area contributed by atoms with Crippen LogP contribution in [-0.4, -0.2) is 26.1 Å². The van der Waals surface area contributed by atoms with E-state index in [9.17, 15) is 4.79 Å². The van der Waals surface area contributed by atoms with Crippen LogP contribution in [0, 0.1) is 0 Å². The van der Waals surface area contributed by atoms with E-state index in [0.29, 0.717) is 23.0 Å². The van der Waals surface area contributed by atoms with Crippen molar-refractivity contribution in [1.82, 2.24) is 20.2 Å². The second kappa shape index (κ2) is 6.89. The van der Waals surface area contributed by atoms with E-state index in [1.807, 2.05) is 18.2 Å². The molecule has 0 aliphatic carbocycles. The number of furan rings is 1. The summed E-state index contributed by atoms with van der Waals surface area (Å²) in [7, 11) is 0. The molecule has 2 N–H and O–H groups in total. The molecular weight excluding hydrogens is 334 g/mol. The van der Waals surface area contributed by atoms with Crippen molar-refractivity contribution in [1.29, 1.82) is 0 Å². The molecule has 0 saturated carbocycles. The number of pyridine rings is 1. The summed E-state index contributed by atoms with van der Waals surface area (Å²) in [6.45, 7) is 0. The SMILES string of the molecule is O=C(Nc1n[nH]c(-c2ccoc2)n1)c1ccnc(Oc2ccccc2)c1. The Morgan fingerprint density at radius 2 is 2.04 bits per heavy atom. The Hall–Kier alpha value is -3.94. The van der Waals surface area contributed by atoms with Gasteiger partial charge in [-0.25, -0.2) is 4.98 Å². The fourth-order valence-corrected chi connectivity index (χ4v) is 2.24. The number of carbonyl (C=O) groups excluding carboxylic acids is 1. The summed E-state index contributed by atoms with van der Waals surface area (Å²) in [6, 6.07) is 14.1. The predicted octanol–water partition coefficient (Wildman–Crippen LogP) is 3.50. The van der Waals surface area contributed by atoms with Gasteiger partial charge >= 0.3 is 0 Å². The maximum atomic E-state index is 12.4. The highest BCUT2D eigenvalue weighted by atomic mass is 16.5. The lowest BCUT2D eigenvalue weighted by atomic mass is 10.2. The fourth-order valence-electron chi connectivity index (χ4n) is 2.24. The number of amides is 1. The third-order valence-corrected chi connectivity index (χ3v) is 3.47. The Labute approximate surface area is 147 Å². The number of anilines is 1. The zero-order chi connectivity index (χ0) is 17.8. The van der Waals surface area contributed by atoms with Crippen molar-refractivity contribution < 1.29 is 13.9 Å². The Bertz CT molecular complexity index is 1010. The topological polar surface area (TPSA) is 106 Å². The van der Waals surface area contributed by atoms with Crippen LogP contribution in [0.2, 0.25) is 0 Å². The Morgan fingerprint density at radius 3 is 2.85 bits per heavy atom. The van der Waals surface area contributed by atoms with Crippen LogP contribution >= 0.6 is 0 Å². The number of aromatic nitrogens is 4. The number of nitrogens with one attached hydrogen (secondary N) is 2. The van der Waals surface area contributed by atoms with E-state index in [1.165, 1.54) is 18.7 Å². The van der Waals surface area contributed by atoms with Crippen LogP contribution in [-0.2, 0) is 0 Å². The Morgan fingerprint density at radius 1 is 1.15 bits per heavy atom. The van der Waals surface area contributed by atoms with Gasteiger partial charge in [0.15, 0.2) is 5.82 Å². The number of hydrogen-bond donors (Lipinski definition) is 2. The van der Waals surface area contributed by atoms with Crippen LogP contribution in [0.4, 0.5) is 5.95 Å². The molecule has 3 aromatic heterocycles. The number of aromatic amines is 1. The number of carbonyl (C=O) groups is 1. The fraction of sp³-hybridized carbons (Fsp3) is 0.